The second kappa shape index (κ2) is 21.7. The monoisotopic (exact) mass is 1110 g/mol. The molecule has 17 nitrogen and oxygen atoms in total. The lowest BCUT2D eigenvalue weighted by atomic mass is 9.95. The zero-order chi connectivity index (χ0) is 55.4. The second-order valence-electron chi connectivity index (χ2n) is 20.2. The van der Waals surface area contributed by atoms with Crippen molar-refractivity contribution < 1.29 is 37.7 Å². The minimum Gasteiger partial charge on any atom is -0.489 e. The lowest BCUT2D eigenvalue weighted by Gasteiger charge is -2.36. The van der Waals surface area contributed by atoms with E-state index in [0.717, 1.165) is 66.6 Å². The average Bonchev–Trinajstić information content (AvgIpc) is 4.39. The molecule has 5 aliphatic rings. The highest BCUT2D eigenvalue weighted by atomic mass is 35.5. The Labute approximate surface area is 463 Å². The number of fused-ring (bicyclic) bond motifs is 8. The lowest BCUT2D eigenvalue weighted by molar-refractivity contribution is -0.157. The number of esters is 1. The number of carbonyl (C=O) groups excluding carboxylic acids is 2. The normalized spacial score (nSPS) is 17.5. The van der Waals surface area contributed by atoms with Crippen LogP contribution in [0.3, 0.4) is 0 Å². The number of piperazine rings is 1. The molecule has 9 heterocycles. The number of rotatable bonds is 13. The smallest absolute Gasteiger partial charge is 0.340 e. The predicted molar refractivity (Wildman–Crippen MR) is 300 cm³/mol. The van der Waals surface area contributed by atoms with Gasteiger partial charge in [-0.25, -0.2) is 18.6 Å². The maximum Gasteiger partial charge on any atom is 0.340 e. The Bertz CT molecular complexity index is 3770. The van der Waals surface area contributed by atoms with Crippen LogP contribution >= 0.6 is 22.9 Å². The Morgan fingerprint density at radius 2 is 1.80 bits per heavy atom. The van der Waals surface area contributed by atoms with Gasteiger partial charge in [0.25, 0.3) is 11.5 Å². The van der Waals surface area contributed by atoms with E-state index in [1.807, 2.05) is 50.9 Å². The van der Waals surface area contributed by atoms with Gasteiger partial charge in [0, 0.05) is 59.0 Å². The van der Waals surface area contributed by atoms with Crippen molar-refractivity contribution in [2.24, 2.45) is 0 Å². The molecule has 3 saturated heterocycles. The molecule has 1 unspecified atom stereocenters. The van der Waals surface area contributed by atoms with Crippen LogP contribution in [0.4, 0.5) is 19.6 Å². The highest BCUT2D eigenvalue weighted by Gasteiger charge is 2.45. The molecule has 0 saturated carbocycles. The summed E-state index contributed by atoms with van der Waals surface area (Å²) >= 11 is 7.93. The SMILES string of the molecule is CC.CCc1c2c(nc3ccc(OC/C(=C\CCNC)C(=O)N4CCN(c5nc(OCC67CCCN6CCC7)nc6c(F)c(-c7ccc(F)c8sc(N)c(C#N)c78)c(Cl)cc56)CC4)cc13)-c1cc3c(c(=O)n1C2)COC(=O)C3O. The minimum absolute atomic E-state index is 0.00164. The van der Waals surface area contributed by atoms with E-state index in [1.165, 1.54) is 12.1 Å². The van der Waals surface area contributed by atoms with Crippen LogP contribution in [0.15, 0.2) is 58.9 Å². The van der Waals surface area contributed by atoms with Crippen molar-refractivity contribution in [2.45, 2.75) is 84.1 Å². The van der Waals surface area contributed by atoms with Crippen LogP contribution < -0.4 is 31.0 Å². The van der Waals surface area contributed by atoms with Gasteiger partial charge in [-0.15, -0.1) is 11.3 Å². The zero-order valence-corrected chi connectivity index (χ0v) is 45.9. The molecule has 1 amide bonds. The fourth-order valence-electron chi connectivity index (χ4n) is 12.1. The molecular formula is C58H59ClF2N10O7S. The number of aromatic nitrogens is 4. The largest absolute Gasteiger partial charge is 0.489 e. The number of pyridine rings is 2. The second-order valence-corrected chi connectivity index (χ2v) is 21.7. The molecule has 1 atom stereocenters. The highest BCUT2D eigenvalue weighted by Crippen LogP contribution is 2.47. The Hall–Kier alpha value is -7.28. The number of nitrogens with zero attached hydrogens (tertiary/aromatic N) is 8. The third kappa shape index (κ3) is 9.28. The van der Waals surface area contributed by atoms with Crippen molar-refractivity contribution in [3.63, 3.8) is 0 Å². The molecule has 410 valence electrons. The fraction of sp³-hybridized carbons (Fsp3) is 0.397. The number of thiophene rings is 1. The van der Waals surface area contributed by atoms with E-state index in [1.54, 1.807) is 27.7 Å². The molecule has 3 fully saturated rings. The van der Waals surface area contributed by atoms with Crippen LogP contribution in [0.2, 0.25) is 5.02 Å². The average molecular weight is 1110 g/mol. The number of aryl methyl sites for hydroxylation is 1. The van der Waals surface area contributed by atoms with Gasteiger partial charge in [-0.05, 0) is 113 Å². The maximum absolute atomic E-state index is 17.5. The number of cyclic esters (lactones) is 1. The number of nitriles is 1. The molecule has 0 bridgehead atoms. The first-order chi connectivity index (χ1) is 38.3. The summed E-state index contributed by atoms with van der Waals surface area (Å²) < 4.78 is 52.4. The van der Waals surface area contributed by atoms with Gasteiger partial charge in [0.15, 0.2) is 11.9 Å². The van der Waals surface area contributed by atoms with Gasteiger partial charge in [0.05, 0.1) is 55.4 Å². The van der Waals surface area contributed by atoms with Crippen LogP contribution in [0.25, 0.3) is 54.4 Å². The molecule has 7 aromatic rings. The topological polar surface area (TPSA) is 214 Å². The molecular weight excluding hydrogens is 1050 g/mol. The number of aliphatic hydroxyl groups is 1. The van der Waals surface area contributed by atoms with Crippen LogP contribution in [0.1, 0.15) is 86.8 Å². The number of nitrogens with two attached hydrogens (primary N) is 1. The Balaban J connectivity index is 0.00000326. The first-order valence-corrected chi connectivity index (χ1v) is 28.1. The summed E-state index contributed by atoms with van der Waals surface area (Å²) in [6.45, 7) is 10.2. The number of anilines is 2. The lowest BCUT2D eigenvalue weighted by Crippen LogP contribution is -2.50. The van der Waals surface area contributed by atoms with Crippen LogP contribution in [-0.2, 0) is 33.9 Å². The van der Waals surface area contributed by atoms with Crippen LogP contribution in [-0.4, -0.2) is 118 Å². The number of benzene rings is 3. The fourth-order valence-corrected chi connectivity index (χ4v) is 13.4. The molecule has 0 radical (unpaired) electrons. The maximum atomic E-state index is 17.5. The number of ether oxygens (including phenoxy) is 3. The Morgan fingerprint density at radius 1 is 1.03 bits per heavy atom. The van der Waals surface area contributed by atoms with Gasteiger partial charge in [0.1, 0.15) is 53.8 Å². The van der Waals surface area contributed by atoms with Gasteiger partial charge in [0.2, 0.25) is 0 Å². The van der Waals surface area contributed by atoms with E-state index in [9.17, 15) is 24.8 Å². The van der Waals surface area contributed by atoms with E-state index in [4.69, 9.17) is 46.5 Å². The molecule has 3 aromatic carbocycles. The van der Waals surface area contributed by atoms with Crippen LogP contribution in [0.5, 0.6) is 11.8 Å². The molecule has 0 aliphatic carbocycles. The van der Waals surface area contributed by atoms with Gasteiger partial charge < -0.3 is 44.7 Å². The Morgan fingerprint density at radius 3 is 2.53 bits per heavy atom. The third-order valence-electron chi connectivity index (χ3n) is 16.0. The number of nitrogens with one attached hydrogen (secondary N) is 1. The third-order valence-corrected chi connectivity index (χ3v) is 17.4. The van der Waals surface area contributed by atoms with Crippen molar-refractivity contribution in [1.29, 1.82) is 5.26 Å². The number of nitrogen functional groups attached to an aromatic ring is 1. The van der Waals surface area contributed by atoms with Gasteiger partial charge in [-0.2, -0.15) is 15.2 Å². The van der Waals surface area contributed by atoms with E-state index in [0.29, 0.717) is 91.6 Å². The van der Waals surface area contributed by atoms with Gasteiger partial charge in [-0.1, -0.05) is 44.5 Å². The summed E-state index contributed by atoms with van der Waals surface area (Å²) in [7, 11) is 1.84. The molecule has 12 rings (SSSR count). The van der Waals surface area contributed by atoms with Crippen molar-refractivity contribution in [1.82, 2.24) is 34.6 Å². The summed E-state index contributed by atoms with van der Waals surface area (Å²) in [5, 5.41) is 25.3. The van der Waals surface area contributed by atoms with Crippen molar-refractivity contribution >= 4 is 77.5 Å². The summed E-state index contributed by atoms with van der Waals surface area (Å²) in [6.07, 6.45) is 5.57. The van der Waals surface area contributed by atoms with Crippen molar-refractivity contribution in [3.05, 3.63) is 109 Å². The first-order valence-electron chi connectivity index (χ1n) is 26.9. The molecule has 21 heteroatoms. The van der Waals surface area contributed by atoms with E-state index < -0.39 is 23.7 Å². The summed E-state index contributed by atoms with van der Waals surface area (Å²) in [5.74, 6) is -1.46. The van der Waals surface area contributed by atoms with E-state index in [2.05, 4.69) is 16.3 Å². The number of carbonyl (C=O) groups is 2. The van der Waals surface area contributed by atoms with Gasteiger partial charge >= 0.3 is 12.0 Å². The number of hydrogen-bond donors (Lipinski definition) is 3. The van der Waals surface area contributed by atoms with Crippen molar-refractivity contribution in [3.8, 4) is 40.3 Å². The zero-order valence-electron chi connectivity index (χ0n) is 44.3. The standard InChI is InChI=1S/C56H53ClF2N10O7S.C2H6/c1-3-31-33-21-30(8-11-41(33)63-46-37(31)25-69-42(46)23-34-38(53(69)72)27-75-54(73)48(34)70)74-26-29(7-4-14-62-2)52(71)67-19-17-66(18-20-67)51-35-22-39(57)44(32-9-10-40(58)49-43(32)36(24-60)50(61)77-49)45(59)47(35)64-55(65-51)76-28-56-12-5-15-68(56)16-6-13-56;1-2/h7-11,21-23,48,62,70H,3-6,12-20,25-28,61H2,1-2H3;1-2H3/b29-7+;. The summed E-state index contributed by atoms with van der Waals surface area (Å²) in [6, 6.07) is 13.5. The first kappa shape index (κ1) is 53.7. The number of halogens is 3. The van der Waals surface area contributed by atoms with E-state index in [-0.39, 0.29) is 96.2 Å². The van der Waals surface area contributed by atoms with Crippen molar-refractivity contribution in [2.75, 3.05) is 76.7 Å². The minimum atomic E-state index is -1.55. The van der Waals surface area contributed by atoms with Crippen LogP contribution in [0, 0.1) is 23.0 Å². The molecule has 0 spiro atoms. The van der Waals surface area contributed by atoms with Gasteiger partial charge in [-0.3, -0.25) is 14.5 Å². The number of aliphatic hydroxyl groups excluding tert-OH is 1. The highest BCUT2D eigenvalue weighted by molar-refractivity contribution is 7.23. The quantitative estimate of drug-likeness (QED) is 0.0560. The summed E-state index contributed by atoms with van der Waals surface area (Å²) in [4.78, 5) is 61.2. The number of amides is 1. The molecule has 79 heavy (non-hydrogen) atoms. The van der Waals surface area contributed by atoms with E-state index >= 15 is 8.78 Å². The number of hydrogen-bond acceptors (Lipinski definition) is 16. The Kier molecular flexibility index (Phi) is 14.8. The summed E-state index contributed by atoms with van der Waals surface area (Å²) in [5.41, 5.74) is 10.4. The predicted octanol–water partition coefficient (Wildman–Crippen LogP) is 8.59. The molecule has 5 aliphatic heterocycles. The molecule has 4 aromatic heterocycles. The molecule has 4 N–H and O–H groups in total.